The predicted octanol–water partition coefficient (Wildman–Crippen LogP) is 3.68. The van der Waals surface area contributed by atoms with Crippen LogP contribution in [0.25, 0.3) is 0 Å². The van der Waals surface area contributed by atoms with Gasteiger partial charge in [0.25, 0.3) is 0 Å². The molecule has 1 atom stereocenters. The summed E-state index contributed by atoms with van der Waals surface area (Å²) in [5, 5.41) is 19.8. The van der Waals surface area contributed by atoms with Crippen LogP contribution in [0.3, 0.4) is 0 Å². The average Bonchev–Trinajstić information content (AvgIpc) is 2.84. The van der Waals surface area contributed by atoms with Crippen LogP contribution in [0.2, 0.25) is 0 Å². The zero-order valence-corrected chi connectivity index (χ0v) is 14.4. The van der Waals surface area contributed by atoms with Crippen LogP contribution in [-0.2, 0) is 17.6 Å². The molecule has 1 heterocycles. The highest BCUT2D eigenvalue weighted by molar-refractivity contribution is 7.16. The monoisotopic (exact) mass is 320 g/mol. The van der Waals surface area contributed by atoms with Crippen molar-refractivity contribution < 1.29 is 9.90 Å². The Kier molecular flexibility index (Phi) is 5.47. The lowest BCUT2D eigenvalue weighted by Gasteiger charge is -2.27. The molecule has 0 saturated carbocycles. The Morgan fingerprint density at radius 1 is 1.32 bits per heavy atom. The summed E-state index contributed by atoms with van der Waals surface area (Å²) in [6, 6.07) is 2.38. The molecule has 0 spiro atoms. The minimum absolute atomic E-state index is 0.423. The van der Waals surface area contributed by atoms with Gasteiger partial charge in [-0.3, -0.25) is 4.79 Å². The first-order valence-corrected chi connectivity index (χ1v) is 8.78. The van der Waals surface area contributed by atoms with Crippen LogP contribution in [-0.4, -0.2) is 24.2 Å². The number of carbonyl (C=O) groups is 1. The molecule has 0 aliphatic heterocycles. The molecule has 1 N–H and O–H groups in total. The summed E-state index contributed by atoms with van der Waals surface area (Å²) in [5.74, 6) is -0.801. The van der Waals surface area contributed by atoms with Crippen LogP contribution in [0.1, 0.15) is 49.6 Å². The minimum atomic E-state index is -0.784. The van der Waals surface area contributed by atoms with Crippen molar-refractivity contribution in [1.29, 1.82) is 5.26 Å². The van der Waals surface area contributed by atoms with Crippen LogP contribution < -0.4 is 4.90 Å². The molecule has 1 aliphatic carbocycles. The fourth-order valence-electron chi connectivity index (χ4n) is 2.98. The fourth-order valence-corrected chi connectivity index (χ4v) is 4.34. The van der Waals surface area contributed by atoms with E-state index in [0.29, 0.717) is 12.5 Å². The Labute approximate surface area is 136 Å². The largest absolute Gasteiger partial charge is 0.481 e. The molecule has 0 aromatic carbocycles. The molecule has 0 bridgehead atoms. The number of rotatable bonds is 6. The van der Waals surface area contributed by atoms with Crippen molar-refractivity contribution in [3.05, 3.63) is 16.0 Å². The van der Waals surface area contributed by atoms with E-state index in [-0.39, 0.29) is 0 Å². The molecule has 1 unspecified atom stereocenters. The van der Waals surface area contributed by atoms with Gasteiger partial charge in [-0.1, -0.05) is 20.8 Å². The van der Waals surface area contributed by atoms with E-state index in [4.69, 9.17) is 0 Å². The smallest absolute Gasteiger partial charge is 0.308 e. The van der Waals surface area contributed by atoms with Crippen LogP contribution >= 0.6 is 11.3 Å². The Hall–Kier alpha value is -1.54. The molecule has 5 heteroatoms. The van der Waals surface area contributed by atoms with Gasteiger partial charge in [-0.15, -0.1) is 11.3 Å². The first-order valence-electron chi connectivity index (χ1n) is 7.96. The van der Waals surface area contributed by atoms with E-state index in [1.54, 1.807) is 18.3 Å². The molecule has 22 heavy (non-hydrogen) atoms. The second-order valence-corrected chi connectivity index (χ2v) is 7.62. The number of nitrogens with zero attached hydrogens (tertiary/aromatic N) is 2. The van der Waals surface area contributed by atoms with Crippen LogP contribution in [0.4, 0.5) is 5.00 Å². The van der Waals surface area contributed by atoms with Gasteiger partial charge in [-0.25, -0.2) is 0 Å². The van der Waals surface area contributed by atoms with Crippen molar-refractivity contribution in [1.82, 2.24) is 0 Å². The topological polar surface area (TPSA) is 64.3 Å². The first-order chi connectivity index (χ1) is 10.4. The molecular weight excluding hydrogens is 296 g/mol. The molecule has 0 radical (unpaired) electrons. The maximum absolute atomic E-state index is 11.2. The Balaban J connectivity index is 2.36. The van der Waals surface area contributed by atoms with E-state index >= 15 is 0 Å². The maximum atomic E-state index is 11.2. The lowest BCUT2D eigenvalue weighted by molar-refractivity contribution is -0.140. The maximum Gasteiger partial charge on any atom is 0.308 e. The van der Waals surface area contributed by atoms with Crippen molar-refractivity contribution in [2.75, 3.05) is 18.0 Å². The summed E-state index contributed by atoms with van der Waals surface area (Å²) in [6.45, 7) is 7.22. The molecule has 0 saturated heterocycles. The Bertz CT molecular complexity index is 586. The molecule has 1 aliphatic rings. The van der Waals surface area contributed by atoms with Gasteiger partial charge >= 0.3 is 5.97 Å². The number of aryl methyl sites for hydroxylation is 1. The number of thiophene rings is 1. The Morgan fingerprint density at radius 2 is 2.00 bits per heavy atom. The number of carboxylic acid groups (broad SMARTS) is 1. The number of hydrogen-bond acceptors (Lipinski definition) is 4. The molecule has 0 fully saturated rings. The SMILES string of the molecule is CC(C)CN(CC(C)C(=O)O)c1sc2c(c1C#N)CCCC2. The number of aliphatic carboxylic acids is 1. The highest BCUT2D eigenvalue weighted by Crippen LogP contribution is 2.40. The normalized spacial score (nSPS) is 15.2. The second kappa shape index (κ2) is 7.15. The quantitative estimate of drug-likeness (QED) is 0.868. The van der Waals surface area contributed by atoms with Crippen LogP contribution in [0.15, 0.2) is 0 Å². The summed E-state index contributed by atoms with van der Waals surface area (Å²) in [6.07, 6.45) is 4.37. The molecule has 1 aromatic rings. The van der Waals surface area contributed by atoms with Gasteiger partial charge in [0.2, 0.25) is 0 Å². The number of fused-ring (bicyclic) bond motifs is 1. The number of anilines is 1. The van der Waals surface area contributed by atoms with E-state index in [1.165, 1.54) is 16.9 Å². The zero-order chi connectivity index (χ0) is 16.3. The van der Waals surface area contributed by atoms with E-state index in [0.717, 1.165) is 36.4 Å². The van der Waals surface area contributed by atoms with E-state index in [2.05, 4.69) is 24.8 Å². The van der Waals surface area contributed by atoms with E-state index in [1.807, 2.05) is 0 Å². The summed E-state index contributed by atoms with van der Waals surface area (Å²) < 4.78 is 0. The molecular formula is C17H24N2O2S. The minimum Gasteiger partial charge on any atom is -0.481 e. The first kappa shape index (κ1) is 16.8. The predicted molar refractivity (Wildman–Crippen MR) is 89.5 cm³/mol. The summed E-state index contributed by atoms with van der Waals surface area (Å²) in [7, 11) is 0. The highest BCUT2D eigenvalue weighted by atomic mass is 32.1. The van der Waals surface area contributed by atoms with Gasteiger partial charge in [0, 0.05) is 18.0 Å². The van der Waals surface area contributed by atoms with Gasteiger partial charge in [0.1, 0.15) is 11.1 Å². The summed E-state index contributed by atoms with van der Waals surface area (Å²) >= 11 is 1.70. The molecule has 4 nitrogen and oxygen atoms in total. The molecule has 1 aromatic heterocycles. The van der Waals surface area contributed by atoms with Gasteiger partial charge < -0.3 is 10.0 Å². The average molecular weight is 320 g/mol. The van der Waals surface area contributed by atoms with Gasteiger partial charge in [-0.05, 0) is 37.2 Å². The van der Waals surface area contributed by atoms with Crippen molar-refractivity contribution in [3.8, 4) is 6.07 Å². The van der Waals surface area contributed by atoms with Crippen molar-refractivity contribution in [3.63, 3.8) is 0 Å². The zero-order valence-electron chi connectivity index (χ0n) is 13.6. The van der Waals surface area contributed by atoms with E-state index < -0.39 is 11.9 Å². The lowest BCUT2D eigenvalue weighted by atomic mass is 9.96. The van der Waals surface area contributed by atoms with Gasteiger partial charge in [0.15, 0.2) is 0 Å². The highest BCUT2D eigenvalue weighted by Gasteiger charge is 2.26. The third-order valence-corrected chi connectivity index (χ3v) is 5.41. The number of carboxylic acids is 1. The van der Waals surface area contributed by atoms with Crippen molar-refractivity contribution in [2.24, 2.45) is 11.8 Å². The molecule has 120 valence electrons. The van der Waals surface area contributed by atoms with Crippen molar-refractivity contribution >= 4 is 22.3 Å². The second-order valence-electron chi connectivity index (χ2n) is 6.54. The summed E-state index contributed by atoms with van der Waals surface area (Å²) in [4.78, 5) is 14.7. The lowest BCUT2D eigenvalue weighted by Crippen LogP contribution is -2.34. The standard InChI is InChI=1S/C17H24N2O2S/c1-11(2)9-19(10-12(3)17(20)21)16-14(8-18)13-6-4-5-7-15(13)22-16/h11-12H,4-7,9-10H2,1-3H3,(H,20,21). The Morgan fingerprint density at radius 3 is 2.59 bits per heavy atom. The molecule has 2 rings (SSSR count). The van der Waals surface area contributed by atoms with Crippen LogP contribution in [0, 0.1) is 23.2 Å². The van der Waals surface area contributed by atoms with Gasteiger partial charge in [-0.2, -0.15) is 5.26 Å². The van der Waals surface area contributed by atoms with Crippen molar-refractivity contribution in [2.45, 2.75) is 46.5 Å². The summed E-state index contributed by atoms with van der Waals surface area (Å²) in [5.41, 5.74) is 2.00. The third-order valence-electron chi connectivity index (χ3n) is 4.05. The number of hydrogen-bond donors (Lipinski definition) is 1. The molecule has 0 amide bonds. The van der Waals surface area contributed by atoms with Crippen LogP contribution in [0.5, 0.6) is 0 Å². The third kappa shape index (κ3) is 3.61. The van der Waals surface area contributed by atoms with Gasteiger partial charge in [0.05, 0.1) is 11.5 Å². The van der Waals surface area contributed by atoms with E-state index in [9.17, 15) is 15.2 Å². The fraction of sp³-hybridized carbons (Fsp3) is 0.647. The number of nitriles is 1.